The van der Waals surface area contributed by atoms with Crippen LogP contribution in [-0.2, 0) is 4.74 Å². The van der Waals surface area contributed by atoms with Crippen molar-refractivity contribution in [1.82, 2.24) is 0 Å². The molecule has 0 atom stereocenters. The van der Waals surface area contributed by atoms with E-state index in [0.29, 0.717) is 18.8 Å². The van der Waals surface area contributed by atoms with Crippen molar-refractivity contribution in [2.24, 2.45) is 10.7 Å². The largest absolute Gasteiger partial charge is 0.478 e. The molecule has 0 saturated heterocycles. The zero-order valence-corrected chi connectivity index (χ0v) is 9.51. The van der Waals surface area contributed by atoms with Crippen molar-refractivity contribution >= 4 is 17.6 Å². The van der Waals surface area contributed by atoms with E-state index in [-0.39, 0.29) is 11.5 Å². The Labute approximate surface area is 99.1 Å². The van der Waals surface area contributed by atoms with E-state index in [1.54, 1.807) is 19.2 Å². The highest BCUT2D eigenvalue weighted by atomic mass is 16.5. The highest BCUT2D eigenvalue weighted by Crippen LogP contribution is 2.08. The maximum Gasteiger partial charge on any atom is 0.335 e. The van der Waals surface area contributed by atoms with E-state index in [1.807, 2.05) is 0 Å². The Balaban J connectivity index is 2.56. The Hall–Kier alpha value is -2.08. The lowest BCUT2D eigenvalue weighted by atomic mass is 10.2. The van der Waals surface area contributed by atoms with Crippen LogP contribution in [0.15, 0.2) is 29.3 Å². The van der Waals surface area contributed by atoms with Gasteiger partial charge in [0.1, 0.15) is 0 Å². The molecular formula is C11H15N3O3. The first-order valence-electron chi connectivity index (χ1n) is 5.02. The number of nitrogens with two attached hydrogens (primary N) is 1. The molecule has 0 radical (unpaired) electrons. The Morgan fingerprint density at radius 3 is 2.65 bits per heavy atom. The summed E-state index contributed by atoms with van der Waals surface area (Å²) in [6.07, 6.45) is 0. The third-order valence-corrected chi connectivity index (χ3v) is 1.98. The van der Waals surface area contributed by atoms with Gasteiger partial charge in [0.15, 0.2) is 5.96 Å². The number of nitrogens with one attached hydrogen (secondary N) is 1. The normalized spacial score (nSPS) is 11.2. The second-order valence-electron chi connectivity index (χ2n) is 3.27. The molecular weight excluding hydrogens is 222 g/mol. The van der Waals surface area contributed by atoms with E-state index in [4.69, 9.17) is 15.6 Å². The van der Waals surface area contributed by atoms with Crippen molar-refractivity contribution in [3.8, 4) is 0 Å². The molecule has 1 aromatic carbocycles. The summed E-state index contributed by atoms with van der Waals surface area (Å²) in [4.78, 5) is 14.6. The molecule has 0 aromatic heterocycles. The lowest BCUT2D eigenvalue weighted by molar-refractivity contribution is 0.0697. The number of carboxylic acid groups (broad SMARTS) is 1. The van der Waals surface area contributed by atoms with E-state index in [0.717, 1.165) is 0 Å². The molecule has 0 bridgehead atoms. The summed E-state index contributed by atoms with van der Waals surface area (Å²) >= 11 is 0. The number of methoxy groups -OCH3 is 1. The lowest BCUT2D eigenvalue weighted by Gasteiger charge is -2.05. The summed E-state index contributed by atoms with van der Waals surface area (Å²) in [7, 11) is 1.59. The summed E-state index contributed by atoms with van der Waals surface area (Å²) in [6, 6.07) is 6.24. The Morgan fingerprint density at radius 1 is 1.47 bits per heavy atom. The molecule has 0 amide bonds. The van der Waals surface area contributed by atoms with Crippen LogP contribution in [-0.4, -0.2) is 37.3 Å². The van der Waals surface area contributed by atoms with Crippen LogP contribution in [0.25, 0.3) is 0 Å². The second kappa shape index (κ2) is 6.49. The van der Waals surface area contributed by atoms with Gasteiger partial charge in [-0.15, -0.1) is 0 Å². The minimum absolute atomic E-state index is 0.227. The SMILES string of the molecule is COCCN=C(N)Nc1ccc(C(=O)O)cc1. The van der Waals surface area contributed by atoms with Gasteiger partial charge in [-0.25, -0.2) is 4.79 Å². The monoisotopic (exact) mass is 237 g/mol. The molecule has 0 fully saturated rings. The van der Waals surface area contributed by atoms with Gasteiger partial charge in [-0.2, -0.15) is 0 Å². The standard InChI is InChI=1S/C11H15N3O3/c1-17-7-6-13-11(12)14-9-4-2-8(3-5-9)10(15)16/h2-5H,6-7H2,1H3,(H,15,16)(H3,12,13,14). The van der Waals surface area contributed by atoms with E-state index < -0.39 is 5.97 Å². The minimum atomic E-state index is -0.960. The third-order valence-electron chi connectivity index (χ3n) is 1.98. The van der Waals surface area contributed by atoms with Crippen LogP contribution in [0.5, 0.6) is 0 Å². The number of benzene rings is 1. The molecule has 6 nitrogen and oxygen atoms in total. The molecule has 17 heavy (non-hydrogen) atoms. The number of ether oxygens (including phenoxy) is 1. The predicted octanol–water partition coefficient (Wildman–Crippen LogP) is 0.758. The number of hydrogen-bond acceptors (Lipinski definition) is 3. The first kappa shape index (κ1) is 13.0. The molecule has 1 aromatic rings. The van der Waals surface area contributed by atoms with Gasteiger partial charge in [0.25, 0.3) is 0 Å². The van der Waals surface area contributed by atoms with E-state index in [2.05, 4.69) is 10.3 Å². The molecule has 0 unspecified atom stereocenters. The molecule has 0 saturated carbocycles. The number of nitrogens with zero attached hydrogens (tertiary/aromatic N) is 1. The van der Waals surface area contributed by atoms with E-state index in [1.165, 1.54) is 12.1 Å². The number of carbonyl (C=O) groups is 1. The molecule has 92 valence electrons. The molecule has 0 aliphatic carbocycles. The second-order valence-corrected chi connectivity index (χ2v) is 3.27. The van der Waals surface area contributed by atoms with E-state index >= 15 is 0 Å². The third kappa shape index (κ3) is 4.52. The molecule has 1 rings (SSSR count). The fourth-order valence-electron chi connectivity index (χ4n) is 1.14. The maximum absolute atomic E-state index is 10.6. The summed E-state index contributed by atoms with van der Waals surface area (Å²) in [6.45, 7) is 0.975. The van der Waals surface area contributed by atoms with Gasteiger partial charge >= 0.3 is 5.97 Å². The van der Waals surface area contributed by atoms with Crippen LogP contribution in [0.1, 0.15) is 10.4 Å². The van der Waals surface area contributed by atoms with Crippen molar-refractivity contribution in [1.29, 1.82) is 0 Å². The van der Waals surface area contributed by atoms with Crippen LogP contribution in [0.2, 0.25) is 0 Å². The highest BCUT2D eigenvalue weighted by Gasteiger charge is 2.01. The van der Waals surface area contributed by atoms with Gasteiger partial charge in [-0.3, -0.25) is 4.99 Å². The first-order chi connectivity index (χ1) is 8.13. The summed E-state index contributed by atoms with van der Waals surface area (Å²) in [5, 5.41) is 11.6. The fraction of sp³-hybridized carbons (Fsp3) is 0.273. The molecule has 0 aliphatic heterocycles. The van der Waals surface area contributed by atoms with Crippen molar-refractivity contribution in [2.75, 3.05) is 25.6 Å². The first-order valence-corrected chi connectivity index (χ1v) is 5.02. The highest BCUT2D eigenvalue weighted by molar-refractivity contribution is 5.93. The lowest BCUT2D eigenvalue weighted by Crippen LogP contribution is -2.23. The fourth-order valence-corrected chi connectivity index (χ4v) is 1.14. The van der Waals surface area contributed by atoms with Crippen LogP contribution in [0.3, 0.4) is 0 Å². The minimum Gasteiger partial charge on any atom is -0.478 e. The topological polar surface area (TPSA) is 96.9 Å². The average molecular weight is 237 g/mol. The molecule has 0 heterocycles. The van der Waals surface area contributed by atoms with Gasteiger partial charge in [0, 0.05) is 12.8 Å². The van der Waals surface area contributed by atoms with Crippen molar-refractivity contribution in [2.45, 2.75) is 0 Å². The zero-order valence-electron chi connectivity index (χ0n) is 9.51. The number of anilines is 1. The number of carboxylic acids is 1. The number of aromatic carboxylic acids is 1. The summed E-state index contributed by atoms with van der Waals surface area (Å²) < 4.78 is 4.83. The molecule has 0 aliphatic rings. The number of guanidine groups is 1. The Kier molecular flexibility index (Phi) is 4.96. The van der Waals surface area contributed by atoms with Gasteiger partial charge in [-0.05, 0) is 24.3 Å². The summed E-state index contributed by atoms with van der Waals surface area (Å²) in [5.74, 6) is -0.691. The average Bonchev–Trinajstić information content (AvgIpc) is 2.30. The molecule has 0 spiro atoms. The van der Waals surface area contributed by atoms with E-state index in [9.17, 15) is 4.79 Å². The quantitative estimate of drug-likeness (QED) is 0.399. The van der Waals surface area contributed by atoms with Gasteiger partial charge in [-0.1, -0.05) is 0 Å². The van der Waals surface area contributed by atoms with Gasteiger partial charge in [0.05, 0.1) is 18.7 Å². The van der Waals surface area contributed by atoms with Crippen molar-refractivity contribution in [3.63, 3.8) is 0 Å². The number of rotatable bonds is 5. The predicted molar refractivity (Wildman–Crippen MR) is 65.4 cm³/mol. The Bertz CT molecular complexity index is 401. The molecule has 4 N–H and O–H groups in total. The van der Waals surface area contributed by atoms with Crippen LogP contribution < -0.4 is 11.1 Å². The number of hydrogen-bond donors (Lipinski definition) is 3. The Morgan fingerprint density at radius 2 is 2.12 bits per heavy atom. The van der Waals surface area contributed by atoms with Gasteiger partial charge in [0.2, 0.25) is 0 Å². The van der Waals surface area contributed by atoms with Crippen LogP contribution in [0, 0.1) is 0 Å². The van der Waals surface area contributed by atoms with Gasteiger partial charge < -0.3 is 20.9 Å². The van der Waals surface area contributed by atoms with Crippen LogP contribution in [0.4, 0.5) is 5.69 Å². The van der Waals surface area contributed by atoms with Crippen LogP contribution >= 0.6 is 0 Å². The summed E-state index contributed by atoms with van der Waals surface area (Å²) in [5.41, 5.74) is 6.53. The van der Waals surface area contributed by atoms with Crippen molar-refractivity contribution < 1.29 is 14.6 Å². The smallest absolute Gasteiger partial charge is 0.335 e. The maximum atomic E-state index is 10.6. The number of aliphatic imine (C=N–C) groups is 1. The molecule has 6 heteroatoms. The zero-order chi connectivity index (χ0) is 12.7. The van der Waals surface area contributed by atoms with Crippen molar-refractivity contribution in [3.05, 3.63) is 29.8 Å².